The molecule has 0 radical (unpaired) electrons. The third kappa shape index (κ3) is 7.66. The molecule has 3 aromatic rings. The molecule has 1 aromatic carbocycles. The molecule has 2 aromatic heterocycles. The molecule has 0 atom stereocenters. The van der Waals surface area contributed by atoms with Crippen LogP contribution in [-0.4, -0.2) is 65.9 Å². The zero-order valence-electron chi connectivity index (χ0n) is 18.0. The summed E-state index contributed by atoms with van der Waals surface area (Å²) in [5.74, 6) is 1.48. The Morgan fingerprint density at radius 3 is 2.61 bits per heavy atom. The monoisotopic (exact) mass is 552 g/mol. The maximum Gasteiger partial charge on any atom is 0.243 e. The first-order valence-corrected chi connectivity index (χ1v) is 10.7. The molecule has 7 nitrogen and oxygen atoms in total. The molecule has 0 unspecified atom stereocenters. The Labute approximate surface area is 204 Å². The van der Waals surface area contributed by atoms with E-state index in [0.717, 1.165) is 30.0 Å². The number of aromatic nitrogens is 2. The van der Waals surface area contributed by atoms with Gasteiger partial charge in [-0.15, -0.1) is 35.3 Å². The van der Waals surface area contributed by atoms with Crippen LogP contribution in [0.2, 0.25) is 0 Å². The first-order valence-electron chi connectivity index (χ1n) is 9.84. The van der Waals surface area contributed by atoms with E-state index in [1.54, 1.807) is 30.3 Å². The lowest BCUT2D eigenvalue weighted by Gasteiger charge is -2.22. The van der Waals surface area contributed by atoms with Crippen molar-refractivity contribution in [3.63, 3.8) is 0 Å². The summed E-state index contributed by atoms with van der Waals surface area (Å²) in [4.78, 5) is 29.2. The van der Waals surface area contributed by atoms with Gasteiger partial charge in [0.05, 0.1) is 18.4 Å². The number of imidazole rings is 1. The molecule has 0 aliphatic heterocycles. The summed E-state index contributed by atoms with van der Waals surface area (Å²) < 4.78 is 0. The van der Waals surface area contributed by atoms with Gasteiger partial charge in [0.1, 0.15) is 12.4 Å². The first kappa shape index (κ1) is 24.9. The molecule has 0 fully saturated rings. The quantitative estimate of drug-likeness (QED) is 0.255. The maximum absolute atomic E-state index is 12.0. The van der Waals surface area contributed by atoms with E-state index in [-0.39, 0.29) is 36.4 Å². The summed E-state index contributed by atoms with van der Waals surface area (Å²) in [5.41, 5.74) is 2.07. The number of nitrogens with one attached hydrogen (secondary N) is 2. The second-order valence-corrected chi connectivity index (χ2v) is 8.18. The third-order valence-electron chi connectivity index (χ3n) is 4.56. The molecule has 2 N–H and O–H groups in total. The molecule has 3 rings (SSSR count). The molecule has 0 aliphatic rings. The fraction of sp³-hybridized carbons (Fsp3) is 0.318. The maximum atomic E-state index is 12.0. The molecule has 9 heteroatoms. The number of hydrogen-bond acceptors (Lipinski definition) is 4. The Kier molecular flexibility index (Phi) is 9.99. The predicted molar refractivity (Wildman–Crippen MR) is 138 cm³/mol. The third-order valence-corrected chi connectivity index (χ3v) is 5.50. The zero-order chi connectivity index (χ0) is 21.3. The Bertz CT molecular complexity index is 956. The number of thiophene rings is 1. The SMILES string of the molecule is CN(C)C(=O)CN=C(NCCc1cccs1)N(C)Cc1ncc(-c2ccccc2)[nH]1.I. The predicted octanol–water partition coefficient (Wildman–Crippen LogP) is 3.46. The lowest BCUT2D eigenvalue weighted by Crippen LogP contribution is -2.40. The molecular weight excluding hydrogens is 523 g/mol. The molecule has 166 valence electrons. The Balaban J connectivity index is 0.00000341. The molecule has 2 heterocycles. The van der Waals surface area contributed by atoms with Crippen LogP contribution in [0.25, 0.3) is 11.3 Å². The molecule has 0 spiro atoms. The van der Waals surface area contributed by atoms with E-state index >= 15 is 0 Å². The lowest BCUT2D eigenvalue weighted by atomic mass is 10.2. The normalized spacial score (nSPS) is 11.0. The highest BCUT2D eigenvalue weighted by Gasteiger charge is 2.12. The van der Waals surface area contributed by atoms with Gasteiger partial charge in [0, 0.05) is 32.6 Å². The van der Waals surface area contributed by atoms with Gasteiger partial charge in [-0.05, 0) is 23.4 Å². The number of likely N-dealkylation sites (N-methyl/N-ethyl adjacent to an activating group) is 1. The highest BCUT2D eigenvalue weighted by molar-refractivity contribution is 14.0. The Morgan fingerprint density at radius 2 is 1.94 bits per heavy atom. The van der Waals surface area contributed by atoms with Crippen molar-refractivity contribution < 1.29 is 4.79 Å². The number of nitrogens with zero attached hydrogens (tertiary/aromatic N) is 4. The van der Waals surface area contributed by atoms with Gasteiger partial charge < -0.3 is 20.1 Å². The van der Waals surface area contributed by atoms with E-state index in [9.17, 15) is 4.79 Å². The molecule has 1 amide bonds. The average Bonchev–Trinajstić information content (AvgIpc) is 3.43. The number of hydrogen-bond donors (Lipinski definition) is 2. The van der Waals surface area contributed by atoms with Crippen LogP contribution in [-0.2, 0) is 17.8 Å². The van der Waals surface area contributed by atoms with Crippen LogP contribution in [0.3, 0.4) is 0 Å². The second kappa shape index (κ2) is 12.5. The minimum absolute atomic E-state index is 0. The number of carbonyl (C=O) groups excluding carboxylic acids is 1. The number of aliphatic imine (C=N–C) groups is 1. The van der Waals surface area contributed by atoms with Crippen LogP contribution >= 0.6 is 35.3 Å². The summed E-state index contributed by atoms with van der Waals surface area (Å²) in [6.07, 6.45) is 2.75. The summed E-state index contributed by atoms with van der Waals surface area (Å²) >= 11 is 1.74. The van der Waals surface area contributed by atoms with Gasteiger partial charge in [-0.3, -0.25) is 4.79 Å². The number of carbonyl (C=O) groups is 1. The van der Waals surface area contributed by atoms with E-state index in [4.69, 9.17) is 0 Å². The van der Waals surface area contributed by atoms with Crippen molar-refractivity contribution in [1.82, 2.24) is 25.1 Å². The Morgan fingerprint density at radius 1 is 1.16 bits per heavy atom. The van der Waals surface area contributed by atoms with Crippen LogP contribution < -0.4 is 5.32 Å². The van der Waals surface area contributed by atoms with Gasteiger partial charge in [-0.25, -0.2) is 9.98 Å². The minimum atomic E-state index is -0.0367. The fourth-order valence-corrected chi connectivity index (χ4v) is 3.56. The van der Waals surface area contributed by atoms with Crippen molar-refractivity contribution in [2.45, 2.75) is 13.0 Å². The molecule has 0 saturated heterocycles. The topological polar surface area (TPSA) is 76.6 Å². The smallest absolute Gasteiger partial charge is 0.243 e. The number of rotatable bonds is 8. The van der Waals surface area contributed by atoms with Gasteiger partial charge in [0.25, 0.3) is 0 Å². The first-order chi connectivity index (χ1) is 14.5. The van der Waals surface area contributed by atoms with Gasteiger partial charge in [0.15, 0.2) is 5.96 Å². The molecule has 0 saturated carbocycles. The summed E-state index contributed by atoms with van der Waals surface area (Å²) in [6.45, 7) is 1.40. The molecule has 0 bridgehead atoms. The highest BCUT2D eigenvalue weighted by Crippen LogP contribution is 2.16. The van der Waals surface area contributed by atoms with Crippen LogP contribution in [0, 0.1) is 0 Å². The van der Waals surface area contributed by atoms with E-state index in [0.29, 0.717) is 12.5 Å². The van der Waals surface area contributed by atoms with Crippen molar-refractivity contribution in [2.75, 3.05) is 34.2 Å². The minimum Gasteiger partial charge on any atom is -0.356 e. The van der Waals surface area contributed by atoms with Crippen LogP contribution in [0.15, 0.2) is 59.0 Å². The van der Waals surface area contributed by atoms with Crippen molar-refractivity contribution in [3.05, 3.63) is 64.7 Å². The van der Waals surface area contributed by atoms with E-state index in [1.807, 2.05) is 48.5 Å². The van der Waals surface area contributed by atoms with Crippen LogP contribution in [0.4, 0.5) is 0 Å². The van der Waals surface area contributed by atoms with Crippen molar-refractivity contribution in [2.24, 2.45) is 4.99 Å². The van der Waals surface area contributed by atoms with E-state index in [1.165, 1.54) is 4.88 Å². The number of benzene rings is 1. The average molecular weight is 552 g/mol. The van der Waals surface area contributed by atoms with Gasteiger partial charge >= 0.3 is 0 Å². The number of guanidine groups is 1. The molecular formula is C22H29IN6OS. The summed E-state index contributed by atoms with van der Waals surface area (Å²) in [6, 6.07) is 14.3. The van der Waals surface area contributed by atoms with Crippen molar-refractivity contribution >= 4 is 47.2 Å². The van der Waals surface area contributed by atoms with E-state index < -0.39 is 0 Å². The number of amides is 1. The zero-order valence-corrected chi connectivity index (χ0v) is 21.2. The number of H-pyrrole nitrogens is 1. The van der Waals surface area contributed by atoms with Crippen LogP contribution in [0.5, 0.6) is 0 Å². The summed E-state index contributed by atoms with van der Waals surface area (Å²) in [7, 11) is 5.42. The second-order valence-electron chi connectivity index (χ2n) is 7.15. The van der Waals surface area contributed by atoms with Crippen LogP contribution in [0.1, 0.15) is 10.7 Å². The summed E-state index contributed by atoms with van der Waals surface area (Å²) in [5, 5.41) is 5.46. The number of aromatic amines is 1. The fourth-order valence-electron chi connectivity index (χ4n) is 2.85. The lowest BCUT2D eigenvalue weighted by molar-refractivity contribution is -0.127. The highest BCUT2D eigenvalue weighted by atomic mass is 127. The Hall–Kier alpha value is -2.40. The standard InChI is InChI=1S/C22H28N6OS.HI/c1-27(2)21(29)15-25-22(23-12-11-18-10-7-13-30-18)28(3)16-20-24-14-19(26-20)17-8-5-4-6-9-17;/h4-10,13-14H,11-12,15-16H2,1-3H3,(H,23,25)(H,24,26);1H. The molecule has 31 heavy (non-hydrogen) atoms. The number of halogens is 1. The van der Waals surface area contributed by atoms with Gasteiger partial charge in [0.2, 0.25) is 5.91 Å². The van der Waals surface area contributed by atoms with Gasteiger partial charge in [-0.1, -0.05) is 36.4 Å². The van der Waals surface area contributed by atoms with Crippen molar-refractivity contribution in [1.29, 1.82) is 0 Å². The molecule has 0 aliphatic carbocycles. The van der Waals surface area contributed by atoms with E-state index in [2.05, 4.69) is 37.8 Å². The van der Waals surface area contributed by atoms with Gasteiger partial charge in [-0.2, -0.15) is 0 Å². The van der Waals surface area contributed by atoms with Crippen molar-refractivity contribution in [3.8, 4) is 11.3 Å². The largest absolute Gasteiger partial charge is 0.356 e.